The Labute approximate surface area is 101 Å². The molecule has 0 saturated carbocycles. The third kappa shape index (κ3) is 2.12. The predicted octanol–water partition coefficient (Wildman–Crippen LogP) is 4.04. The Morgan fingerprint density at radius 2 is 2.13 bits per heavy atom. The van der Waals surface area contributed by atoms with E-state index in [0.717, 1.165) is 19.1 Å². The van der Waals surface area contributed by atoms with Crippen LogP contribution in [0.3, 0.4) is 0 Å². The molecule has 0 saturated heterocycles. The fraction of sp³-hybridized carbons (Fsp3) is 0.200. The number of ketones is 1. The number of hydrogen-bond acceptors (Lipinski definition) is 4. The smallest absolute Gasteiger partial charge is 0.179 e. The van der Waals surface area contributed by atoms with Crippen molar-refractivity contribution in [1.82, 2.24) is 4.98 Å². The number of nitrogens with zero attached hydrogens (tertiary/aromatic N) is 1. The van der Waals surface area contributed by atoms with E-state index < -0.39 is 0 Å². The number of aryl methyl sites for hydroxylation is 1. The molecule has 0 N–H and O–H groups in total. The van der Waals surface area contributed by atoms with Crippen molar-refractivity contribution >= 4 is 40.1 Å². The summed E-state index contributed by atoms with van der Waals surface area (Å²) >= 11 is 8.85. The molecular weight excluding hydrogens is 250 g/mol. The maximum atomic E-state index is 11.2. The minimum atomic E-state index is 0.0117. The van der Waals surface area contributed by atoms with Gasteiger partial charge in [-0.1, -0.05) is 11.6 Å². The molecular formula is C10H8ClNOS2. The molecule has 2 rings (SSSR count). The van der Waals surface area contributed by atoms with E-state index in [1.807, 2.05) is 19.1 Å². The van der Waals surface area contributed by atoms with Gasteiger partial charge in [0.05, 0.1) is 9.21 Å². The monoisotopic (exact) mass is 257 g/mol. The number of aromatic nitrogens is 1. The molecule has 0 unspecified atom stereocenters. The molecule has 0 atom stereocenters. The van der Waals surface area contributed by atoms with Crippen LogP contribution >= 0.6 is 34.3 Å². The summed E-state index contributed by atoms with van der Waals surface area (Å²) in [6.07, 6.45) is 0. The Bertz CT molecular complexity index is 515. The second-order valence-electron chi connectivity index (χ2n) is 3.08. The second-order valence-corrected chi connectivity index (χ2v) is 6.00. The molecule has 0 fully saturated rings. The van der Waals surface area contributed by atoms with Gasteiger partial charge >= 0.3 is 0 Å². The maximum Gasteiger partial charge on any atom is 0.179 e. The zero-order valence-corrected chi connectivity index (χ0v) is 10.6. The van der Waals surface area contributed by atoms with Crippen molar-refractivity contribution in [2.75, 3.05) is 0 Å². The second kappa shape index (κ2) is 4.04. The summed E-state index contributed by atoms with van der Waals surface area (Å²) in [6, 6.07) is 3.76. The van der Waals surface area contributed by atoms with Crippen molar-refractivity contribution < 1.29 is 4.79 Å². The van der Waals surface area contributed by atoms with Crippen molar-refractivity contribution in [1.29, 1.82) is 0 Å². The normalized spacial score (nSPS) is 10.6. The molecule has 0 aromatic carbocycles. The average Bonchev–Trinajstić information content (AvgIpc) is 2.71. The first-order valence-corrected chi connectivity index (χ1v) is 6.33. The highest BCUT2D eigenvalue weighted by molar-refractivity contribution is 7.23. The first kappa shape index (κ1) is 10.8. The SMILES string of the molecule is CC(=O)c1nc(-c2ccc(Cl)s2)sc1C. The number of halogens is 1. The lowest BCUT2D eigenvalue weighted by molar-refractivity contribution is 0.101. The van der Waals surface area contributed by atoms with E-state index in [-0.39, 0.29) is 5.78 Å². The van der Waals surface area contributed by atoms with Crippen LogP contribution in [0, 0.1) is 6.92 Å². The minimum absolute atomic E-state index is 0.0117. The zero-order chi connectivity index (χ0) is 11.0. The molecule has 78 valence electrons. The van der Waals surface area contributed by atoms with Gasteiger partial charge in [0, 0.05) is 11.8 Å². The fourth-order valence-electron chi connectivity index (χ4n) is 1.26. The molecule has 2 aromatic heterocycles. The van der Waals surface area contributed by atoms with E-state index in [4.69, 9.17) is 11.6 Å². The van der Waals surface area contributed by atoms with Gasteiger partial charge in [-0.25, -0.2) is 4.98 Å². The first-order valence-electron chi connectivity index (χ1n) is 4.32. The highest BCUT2D eigenvalue weighted by Crippen LogP contribution is 2.34. The summed E-state index contributed by atoms with van der Waals surface area (Å²) in [6.45, 7) is 3.44. The molecule has 0 amide bonds. The number of Topliss-reactive ketones (excluding diaryl/α,β-unsaturated/α-hetero) is 1. The van der Waals surface area contributed by atoms with Gasteiger partial charge in [0.15, 0.2) is 5.78 Å². The zero-order valence-electron chi connectivity index (χ0n) is 8.20. The van der Waals surface area contributed by atoms with Gasteiger partial charge in [0.2, 0.25) is 0 Å². The van der Waals surface area contributed by atoms with Gasteiger partial charge in [0.25, 0.3) is 0 Å². The van der Waals surface area contributed by atoms with Crippen LogP contribution in [0.15, 0.2) is 12.1 Å². The van der Waals surface area contributed by atoms with E-state index in [1.165, 1.54) is 29.6 Å². The van der Waals surface area contributed by atoms with Crippen LogP contribution in [0.25, 0.3) is 9.88 Å². The Morgan fingerprint density at radius 1 is 1.40 bits per heavy atom. The first-order chi connectivity index (χ1) is 7.08. The Kier molecular flexibility index (Phi) is 2.91. The molecule has 0 bridgehead atoms. The van der Waals surface area contributed by atoms with Gasteiger partial charge in [-0.05, 0) is 19.1 Å². The van der Waals surface area contributed by atoms with E-state index in [0.29, 0.717) is 5.69 Å². The number of rotatable bonds is 2. The minimum Gasteiger partial charge on any atom is -0.293 e. The summed E-state index contributed by atoms with van der Waals surface area (Å²) in [7, 11) is 0. The van der Waals surface area contributed by atoms with Gasteiger partial charge in [-0.2, -0.15) is 0 Å². The third-order valence-corrected chi connectivity index (χ3v) is 4.29. The molecule has 0 aliphatic carbocycles. The lowest BCUT2D eigenvalue weighted by Crippen LogP contribution is -1.93. The van der Waals surface area contributed by atoms with Crippen molar-refractivity contribution in [3.05, 3.63) is 27.0 Å². The fourth-order valence-corrected chi connectivity index (χ4v) is 3.32. The van der Waals surface area contributed by atoms with Gasteiger partial charge < -0.3 is 0 Å². The third-order valence-electron chi connectivity index (χ3n) is 1.91. The van der Waals surface area contributed by atoms with Crippen molar-refractivity contribution in [3.8, 4) is 9.88 Å². The van der Waals surface area contributed by atoms with E-state index in [9.17, 15) is 4.79 Å². The summed E-state index contributed by atoms with van der Waals surface area (Å²) in [5.41, 5.74) is 0.569. The summed E-state index contributed by atoms with van der Waals surface area (Å²) in [4.78, 5) is 17.5. The van der Waals surface area contributed by atoms with Crippen molar-refractivity contribution in [3.63, 3.8) is 0 Å². The highest BCUT2D eigenvalue weighted by Gasteiger charge is 2.13. The van der Waals surface area contributed by atoms with E-state index in [1.54, 1.807) is 0 Å². The van der Waals surface area contributed by atoms with Gasteiger partial charge in [0.1, 0.15) is 10.7 Å². The molecule has 0 spiro atoms. The Morgan fingerprint density at radius 3 is 2.60 bits per heavy atom. The van der Waals surface area contributed by atoms with Crippen LogP contribution in [-0.4, -0.2) is 10.8 Å². The summed E-state index contributed by atoms with van der Waals surface area (Å²) in [5, 5.41) is 0.870. The summed E-state index contributed by atoms with van der Waals surface area (Å²) in [5.74, 6) is 0.0117. The van der Waals surface area contributed by atoms with E-state index in [2.05, 4.69) is 4.98 Å². The number of carbonyl (C=O) groups is 1. The average molecular weight is 258 g/mol. The van der Waals surface area contributed by atoms with Crippen LogP contribution in [0.2, 0.25) is 4.34 Å². The number of thiazole rings is 1. The molecule has 0 aliphatic heterocycles. The number of thiophene rings is 1. The van der Waals surface area contributed by atoms with Crippen LogP contribution < -0.4 is 0 Å². The van der Waals surface area contributed by atoms with Crippen LogP contribution in [0.4, 0.5) is 0 Å². The molecule has 5 heteroatoms. The standard InChI is InChI=1S/C10H8ClNOS2/c1-5(13)9-6(2)14-10(12-9)7-3-4-8(11)15-7/h3-4H,1-2H3. The Hall–Kier alpha value is -0.710. The lowest BCUT2D eigenvalue weighted by Gasteiger charge is -1.87. The van der Waals surface area contributed by atoms with Gasteiger partial charge in [-0.3, -0.25) is 4.79 Å². The number of carbonyl (C=O) groups excluding carboxylic acids is 1. The Balaban J connectivity index is 2.46. The van der Waals surface area contributed by atoms with E-state index >= 15 is 0 Å². The summed E-state index contributed by atoms with van der Waals surface area (Å²) < 4.78 is 0.738. The van der Waals surface area contributed by atoms with Crippen LogP contribution in [-0.2, 0) is 0 Å². The van der Waals surface area contributed by atoms with Crippen molar-refractivity contribution in [2.45, 2.75) is 13.8 Å². The predicted molar refractivity (Wildman–Crippen MR) is 65.2 cm³/mol. The molecule has 2 aromatic rings. The van der Waals surface area contributed by atoms with Gasteiger partial charge in [-0.15, -0.1) is 22.7 Å². The topological polar surface area (TPSA) is 30.0 Å². The highest BCUT2D eigenvalue weighted by atomic mass is 35.5. The molecule has 2 heterocycles. The van der Waals surface area contributed by atoms with Crippen molar-refractivity contribution in [2.24, 2.45) is 0 Å². The molecule has 0 aliphatic rings. The largest absolute Gasteiger partial charge is 0.293 e. The molecule has 2 nitrogen and oxygen atoms in total. The molecule has 15 heavy (non-hydrogen) atoms. The lowest BCUT2D eigenvalue weighted by atomic mass is 10.3. The van der Waals surface area contributed by atoms with Crippen LogP contribution in [0.1, 0.15) is 22.3 Å². The number of hydrogen-bond donors (Lipinski definition) is 0. The maximum absolute atomic E-state index is 11.2. The van der Waals surface area contributed by atoms with Crippen LogP contribution in [0.5, 0.6) is 0 Å². The molecule has 0 radical (unpaired) electrons. The quantitative estimate of drug-likeness (QED) is 0.760.